The molecule has 0 bridgehead atoms. The molecule has 4 heteroatoms. The average Bonchev–Trinajstić information content (AvgIpc) is 3.05. The second-order valence-electron chi connectivity index (χ2n) is 9.53. The first-order valence-electron chi connectivity index (χ1n) is 13.4. The van der Waals surface area contributed by atoms with Crippen molar-refractivity contribution in [1.82, 2.24) is 0 Å². The highest BCUT2D eigenvalue weighted by Gasteiger charge is 2.40. The molecule has 0 spiro atoms. The normalized spacial score (nSPS) is 11.5. The first-order chi connectivity index (χ1) is 20.2. The van der Waals surface area contributed by atoms with Crippen LogP contribution < -0.4 is 0 Å². The van der Waals surface area contributed by atoms with Crippen molar-refractivity contribution in [2.75, 3.05) is 0 Å². The zero-order valence-electron chi connectivity index (χ0n) is 22.3. The Morgan fingerprint density at radius 3 is 1.17 bits per heavy atom. The lowest BCUT2D eigenvalue weighted by molar-refractivity contribution is 0.150. The van der Waals surface area contributed by atoms with Crippen LogP contribution in [0.25, 0.3) is 33.4 Å². The highest BCUT2D eigenvalue weighted by Crippen LogP contribution is 2.73. The van der Waals surface area contributed by atoms with Crippen molar-refractivity contribution in [3.63, 3.8) is 0 Å². The Labute approximate surface area is 241 Å². The molecule has 41 heavy (non-hydrogen) atoms. The minimum absolute atomic E-state index is 0.801. The van der Waals surface area contributed by atoms with E-state index in [0.717, 1.165) is 48.1 Å². The molecule has 0 fully saturated rings. The van der Waals surface area contributed by atoms with Gasteiger partial charge in [-0.05, 0) is 80.1 Å². The first-order valence-corrected chi connectivity index (χ1v) is 14.9. The van der Waals surface area contributed by atoms with Gasteiger partial charge >= 0.3 is 6.16 Å². The van der Waals surface area contributed by atoms with E-state index in [2.05, 4.69) is 48.5 Å². The molecule has 0 saturated carbocycles. The Morgan fingerprint density at radius 1 is 0.463 bits per heavy atom. The van der Waals surface area contributed by atoms with Gasteiger partial charge in [0.1, 0.15) is 0 Å². The molecule has 0 atom stereocenters. The highest BCUT2D eigenvalue weighted by atomic mass is 32.3. The summed E-state index contributed by atoms with van der Waals surface area (Å²) in [6.07, 6.45) is -1.32. The zero-order chi connectivity index (χ0) is 28.1. The van der Waals surface area contributed by atoms with Gasteiger partial charge in [-0.25, -0.2) is 4.79 Å². The molecule has 1 N–H and O–H groups in total. The van der Waals surface area contributed by atoms with Crippen molar-refractivity contribution in [2.24, 2.45) is 0 Å². The molecule has 6 rings (SSSR count). The second-order valence-corrected chi connectivity index (χ2v) is 12.2. The van der Waals surface area contributed by atoms with Crippen LogP contribution in [-0.2, 0) is 4.18 Å². The predicted octanol–water partition coefficient (Wildman–Crippen LogP) is 10.6. The lowest BCUT2D eigenvalue weighted by atomic mass is 9.93. The van der Waals surface area contributed by atoms with E-state index in [9.17, 15) is 9.90 Å². The van der Waals surface area contributed by atoms with Crippen LogP contribution in [0, 0.1) is 0 Å². The van der Waals surface area contributed by atoms with Gasteiger partial charge in [-0.2, -0.15) is 0 Å². The molecular weight excluding hydrogens is 524 g/mol. The van der Waals surface area contributed by atoms with Crippen LogP contribution in [0.4, 0.5) is 4.79 Å². The molecule has 0 aromatic heterocycles. The van der Waals surface area contributed by atoms with E-state index in [-0.39, 0.29) is 0 Å². The lowest BCUT2D eigenvalue weighted by Gasteiger charge is -2.41. The third kappa shape index (κ3) is 5.13. The molecule has 0 amide bonds. The standard InChI is InChI=1S/C37H28O3S/c38-37(39)40-41(32-22-12-4-13-23-32,33-24-14-5-15-25-33)36-34(29-18-8-2-9-19-29)26-31(28-16-6-1-7-17-28)27-35(36)30-20-10-3-11-21-30/h1-27H,(H,38,39). The third-order valence-electron chi connectivity index (χ3n) is 7.00. The second kappa shape index (κ2) is 11.6. The molecule has 0 aliphatic rings. The number of hydrogen-bond donors (Lipinski definition) is 1. The maximum atomic E-state index is 12.7. The van der Waals surface area contributed by atoms with Crippen molar-refractivity contribution >= 4 is 16.5 Å². The first kappa shape index (κ1) is 26.2. The van der Waals surface area contributed by atoms with Crippen LogP contribution in [0.1, 0.15) is 0 Å². The zero-order valence-corrected chi connectivity index (χ0v) is 23.1. The Bertz CT molecular complexity index is 1660. The van der Waals surface area contributed by atoms with Gasteiger partial charge < -0.3 is 9.29 Å². The van der Waals surface area contributed by atoms with Gasteiger partial charge in [-0.1, -0.05) is 127 Å². The Hall–Kier alpha value is -5.06. The van der Waals surface area contributed by atoms with Gasteiger partial charge in [0.15, 0.2) is 0 Å². The minimum atomic E-state index is -2.79. The molecule has 0 aliphatic carbocycles. The van der Waals surface area contributed by atoms with E-state index in [1.165, 1.54) is 0 Å². The van der Waals surface area contributed by atoms with E-state index >= 15 is 0 Å². The SMILES string of the molecule is O=C(O)OS(c1ccccc1)(c1ccccc1)c1c(-c2ccccc2)cc(-c2ccccc2)cc1-c1ccccc1. The molecule has 0 unspecified atom stereocenters. The third-order valence-corrected chi connectivity index (χ3v) is 10.3. The van der Waals surface area contributed by atoms with Crippen molar-refractivity contribution < 1.29 is 14.1 Å². The summed E-state index contributed by atoms with van der Waals surface area (Å²) in [4.78, 5) is 15.2. The van der Waals surface area contributed by atoms with Crippen molar-refractivity contribution in [2.45, 2.75) is 14.7 Å². The van der Waals surface area contributed by atoms with Gasteiger partial charge in [0.25, 0.3) is 0 Å². The van der Waals surface area contributed by atoms with E-state index in [0.29, 0.717) is 0 Å². The summed E-state index contributed by atoms with van der Waals surface area (Å²) in [5.74, 6) is 0. The number of rotatable bonds is 7. The Balaban J connectivity index is 1.83. The average molecular weight is 553 g/mol. The van der Waals surface area contributed by atoms with Crippen LogP contribution in [0.5, 0.6) is 0 Å². The van der Waals surface area contributed by atoms with Gasteiger partial charge in [0.05, 0.1) is 0 Å². The minimum Gasteiger partial charge on any atom is -0.449 e. The molecule has 0 aliphatic heterocycles. The fourth-order valence-corrected chi connectivity index (χ4v) is 8.53. The summed E-state index contributed by atoms with van der Waals surface area (Å²) >= 11 is 0. The van der Waals surface area contributed by atoms with E-state index in [1.807, 2.05) is 115 Å². The topological polar surface area (TPSA) is 46.5 Å². The van der Waals surface area contributed by atoms with E-state index < -0.39 is 16.5 Å². The molecular formula is C37H28O3S. The molecule has 0 saturated heterocycles. The monoisotopic (exact) mass is 552 g/mol. The molecule has 6 aromatic rings. The van der Waals surface area contributed by atoms with Gasteiger partial charge in [0.2, 0.25) is 0 Å². The lowest BCUT2D eigenvalue weighted by Crippen LogP contribution is -2.14. The fraction of sp³-hybridized carbons (Fsp3) is 0. The fourth-order valence-electron chi connectivity index (χ4n) is 5.24. The Kier molecular flexibility index (Phi) is 7.40. The van der Waals surface area contributed by atoms with Crippen LogP contribution in [0.15, 0.2) is 178 Å². The maximum absolute atomic E-state index is 12.7. The van der Waals surface area contributed by atoms with E-state index in [4.69, 9.17) is 4.18 Å². The van der Waals surface area contributed by atoms with Crippen LogP contribution in [0.2, 0.25) is 0 Å². The molecule has 200 valence electrons. The van der Waals surface area contributed by atoms with Crippen molar-refractivity contribution in [3.8, 4) is 33.4 Å². The summed E-state index contributed by atoms with van der Waals surface area (Å²) in [5, 5.41) is 10.4. The molecule has 6 aromatic carbocycles. The van der Waals surface area contributed by atoms with Crippen LogP contribution in [-0.4, -0.2) is 11.3 Å². The summed E-state index contributed by atoms with van der Waals surface area (Å²) in [6.45, 7) is 0. The largest absolute Gasteiger partial charge is 0.517 e. The summed E-state index contributed by atoms with van der Waals surface area (Å²) in [5.41, 5.74) is 5.93. The number of hydrogen-bond acceptors (Lipinski definition) is 2. The summed E-state index contributed by atoms with van der Waals surface area (Å²) < 4.78 is 6.27. The molecule has 3 nitrogen and oxygen atoms in total. The van der Waals surface area contributed by atoms with Gasteiger partial charge in [-0.15, -0.1) is 0 Å². The number of carbonyl (C=O) groups is 1. The summed E-state index contributed by atoms with van der Waals surface area (Å²) in [6, 6.07) is 54.4. The molecule has 0 radical (unpaired) electrons. The predicted molar refractivity (Wildman–Crippen MR) is 167 cm³/mol. The highest BCUT2D eigenvalue weighted by molar-refractivity contribution is 8.30. The number of carboxylic acid groups (broad SMARTS) is 1. The van der Waals surface area contributed by atoms with Crippen LogP contribution >= 0.6 is 10.3 Å². The quantitative estimate of drug-likeness (QED) is 0.214. The van der Waals surface area contributed by atoms with Crippen molar-refractivity contribution in [3.05, 3.63) is 164 Å². The van der Waals surface area contributed by atoms with Gasteiger partial charge in [-0.3, -0.25) is 0 Å². The summed E-state index contributed by atoms with van der Waals surface area (Å²) in [7, 11) is -2.79. The smallest absolute Gasteiger partial charge is 0.449 e. The van der Waals surface area contributed by atoms with Crippen LogP contribution in [0.3, 0.4) is 0 Å². The maximum Gasteiger partial charge on any atom is 0.517 e. The Morgan fingerprint density at radius 2 is 0.805 bits per heavy atom. The van der Waals surface area contributed by atoms with E-state index in [1.54, 1.807) is 0 Å². The number of benzene rings is 6. The van der Waals surface area contributed by atoms with Gasteiger partial charge in [0, 0.05) is 14.7 Å². The van der Waals surface area contributed by atoms with Crippen molar-refractivity contribution in [1.29, 1.82) is 0 Å². The molecule has 0 heterocycles.